The van der Waals surface area contributed by atoms with Gasteiger partial charge in [-0.25, -0.2) is 19.2 Å². The topological polar surface area (TPSA) is 153 Å². The number of carbonyl (C=O) groups is 4. The van der Waals surface area contributed by atoms with Crippen LogP contribution < -0.4 is 40.2 Å². The average molecular weight is 559 g/mol. The van der Waals surface area contributed by atoms with Crippen LogP contribution in [-0.2, 0) is 12.8 Å². The standard InChI is InChI=1S/C28H38N4O8/c1-5-29-25(33)37-21-15-13-19(17-23(21)39-27(35)31-7-3)11-9-10-12-20-14-16-22(38-26(34)30-6-2)24(18-20)40-28(36)32-8-4/h13-18H,5-12H2,1-4H3,(H,29,33)(H,30,34)(H,31,35)(H,32,36). The lowest BCUT2D eigenvalue weighted by Gasteiger charge is -2.13. The van der Waals surface area contributed by atoms with E-state index < -0.39 is 24.4 Å². The number of aryl methyl sites for hydroxylation is 2. The van der Waals surface area contributed by atoms with Crippen molar-refractivity contribution in [2.75, 3.05) is 26.2 Å². The van der Waals surface area contributed by atoms with Gasteiger partial charge in [-0.05, 0) is 88.8 Å². The van der Waals surface area contributed by atoms with E-state index >= 15 is 0 Å². The van der Waals surface area contributed by atoms with Crippen molar-refractivity contribution in [3.05, 3.63) is 47.5 Å². The SMILES string of the molecule is CCNC(=O)Oc1ccc(CCCCc2ccc(OC(=O)NCC)c(OC(=O)NCC)c2)cc1OC(=O)NCC. The van der Waals surface area contributed by atoms with Crippen LogP contribution in [0, 0.1) is 0 Å². The fourth-order valence-corrected chi connectivity index (χ4v) is 3.52. The number of unbranched alkanes of at least 4 members (excludes halogenated alkanes) is 1. The van der Waals surface area contributed by atoms with Crippen LogP contribution in [0.4, 0.5) is 19.2 Å². The molecule has 0 spiro atoms. The minimum atomic E-state index is -0.648. The molecule has 40 heavy (non-hydrogen) atoms. The normalized spacial score (nSPS) is 10.2. The Morgan fingerprint density at radius 3 is 1.10 bits per heavy atom. The molecule has 218 valence electrons. The van der Waals surface area contributed by atoms with E-state index in [1.54, 1.807) is 52.0 Å². The average Bonchev–Trinajstić information content (AvgIpc) is 2.90. The molecular weight excluding hydrogens is 520 g/mol. The fourth-order valence-electron chi connectivity index (χ4n) is 3.52. The Hall–Kier alpha value is -4.48. The summed E-state index contributed by atoms with van der Waals surface area (Å²) in [5.41, 5.74) is 1.79. The van der Waals surface area contributed by atoms with Gasteiger partial charge in [0.1, 0.15) is 0 Å². The Kier molecular flexibility index (Phi) is 13.6. The van der Waals surface area contributed by atoms with Crippen molar-refractivity contribution in [3.63, 3.8) is 0 Å². The number of rotatable bonds is 13. The third-order valence-corrected chi connectivity index (χ3v) is 5.29. The third kappa shape index (κ3) is 11.1. The highest BCUT2D eigenvalue weighted by molar-refractivity contribution is 5.75. The number of hydrogen-bond donors (Lipinski definition) is 4. The summed E-state index contributed by atoms with van der Waals surface area (Å²) in [6.07, 6.45) is 0.350. The molecule has 0 fully saturated rings. The molecule has 0 radical (unpaired) electrons. The van der Waals surface area contributed by atoms with E-state index in [0.717, 1.165) is 24.0 Å². The van der Waals surface area contributed by atoms with Crippen LogP contribution in [0.2, 0.25) is 0 Å². The van der Waals surface area contributed by atoms with Crippen molar-refractivity contribution >= 4 is 24.4 Å². The number of nitrogens with one attached hydrogen (secondary N) is 4. The van der Waals surface area contributed by atoms with Crippen LogP contribution in [0.3, 0.4) is 0 Å². The first-order chi connectivity index (χ1) is 19.3. The Labute approximate surface area is 234 Å². The molecule has 2 aromatic rings. The second kappa shape index (κ2) is 17.2. The van der Waals surface area contributed by atoms with E-state index in [9.17, 15) is 19.2 Å². The first kappa shape index (κ1) is 31.7. The molecule has 2 aromatic carbocycles. The Balaban J connectivity index is 2.06. The highest BCUT2D eigenvalue weighted by Crippen LogP contribution is 2.31. The van der Waals surface area contributed by atoms with Gasteiger partial charge in [0.2, 0.25) is 0 Å². The lowest BCUT2D eigenvalue weighted by atomic mass is 10.0. The number of hydrogen-bond acceptors (Lipinski definition) is 8. The quantitative estimate of drug-likeness (QED) is 0.258. The van der Waals surface area contributed by atoms with E-state index in [2.05, 4.69) is 21.3 Å². The van der Waals surface area contributed by atoms with Gasteiger partial charge >= 0.3 is 24.4 Å². The molecule has 0 aliphatic heterocycles. The maximum absolute atomic E-state index is 12.0. The van der Waals surface area contributed by atoms with E-state index in [0.29, 0.717) is 39.0 Å². The predicted octanol–water partition coefficient (Wildman–Crippen LogP) is 4.69. The van der Waals surface area contributed by atoms with Gasteiger partial charge < -0.3 is 40.2 Å². The second-order valence-corrected chi connectivity index (χ2v) is 8.45. The Morgan fingerprint density at radius 1 is 0.500 bits per heavy atom. The zero-order valence-electron chi connectivity index (χ0n) is 23.4. The van der Waals surface area contributed by atoms with Crippen molar-refractivity contribution in [1.82, 2.24) is 21.3 Å². The predicted molar refractivity (Wildman–Crippen MR) is 148 cm³/mol. The molecule has 0 bridgehead atoms. The monoisotopic (exact) mass is 558 g/mol. The van der Waals surface area contributed by atoms with E-state index in [4.69, 9.17) is 18.9 Å². The molecule has 12 nitrogen and oxygen atoms in total. The van der Waals surface area contributed by atoms with Crippen molar-refractivity contribution < 1.29 is 38.1 Å². The summed E-state index contributed by atoms with van der Waals surface area (Å²) in [5, 5.41) is 10.2. The van der Waals surface area contributed by atoms with Crippen molar-refractivity contribution in [3.8, 4) is 23.0 Å². The van der Waals surface area contributed by atoms with Crippen molar-refractivity contribution in [2.45, 2.75) is 53.4 Å². The Bertz CT molecular complexity index is 1070. The second-order valence-electron chi connectivity index (χ2n) is 8.45. The van der Waals surface area contributed by atoms with E-state index in [1.807, 2.05) is 12.1 Å². The molecule has 0 saturated heterocycles. The maximum atomic E-state index is 12.0. The fraction of sp³-hybridized carbons (Fsp3) is 0.429. The molecule has 0 aliphatic rings. The largest absolute Gasteiger partial charge is 0.412 e. The number of carbonyl (C=O) groups excluding carboxylic acids is 4. The summed E-state index contributed by atoms with van der Waals surface area (Å²) in [6, 6.07) is 10.2. The minimum Gasteiger partial charge on any atom is -0.406 e. The minimum absolute atomic E-state index is 0.135. The molecule has 0 aliphatic carbocycles. The molecule has 4 N–H and O–H groups in total. The van der Waals surface area contributed by atoms with Crippen LogP contribution in [0.1, 0.15) is 51.7 Å². The summed E-state index contributed by atoms with van der Waals surface area (Å²) >= 11 is 0. The summed E-state index contributed by atoms with van der Waals surface area (Å²) < 4.78 is 21.3. The molecular formula is C28H38N4O8. The molecule has 12 heteroatoms. The van der Waals surface area contributed by atoms with Gasteiger partial charge in [0, 0.05) is 26.2 Å². The first-order valence-corrected chi connectivity index (χ1v) is 13.4. The van der Waals surface area contributed by atoms with E-state index in [1.165, 1.54) is 0 Å². The van der Waals surface area contributed by atoms with Gasteiger partial charge in [-0.2, -0.15) is 0 Å². The zero-order chi connectivity index (χ0) is 29.3. The van der Waals surface area contributed by atoms with Gasteiger partial charge in [0.05, 0.1) is 0 Å². The van der Waals surface area contributed by atoms with Crippen LogP contribution in [0.5, 0.6) is 23.0 Å². The van der Waals surface area contributed by atoms with Gasteiger partial charge in [-0.1, -0.05) is 12.1 Å². The zero-order valence-corrected chi connectivity index (χ0v) is 23.4. The summed E-state index contributed by atoms with van der Waals surface area (Å²) in [5.74, 6) is 0.556. The molecule has 4 amide bonds. The van der Waals surface area contributed by atoms with Crippen LogP contribution >= 0.6 is 0 Å². The molecule has 0 aromatic heterocycles. The van der Waals surface area contributed by atoms with Crippen LogP contribution in [-0.4, -0.2) is 50.6 Å². The number of amides is 4. The van der Waals surface area contributed by atoms with Crippen molar-refractivity contribution in [1.29, 1.82) is 0 Å². The van der Waals surface area contributed by atoms with Gasteiger partial charge in [-0.15, -0.1) is 0 Å². The van der Waals surface area contributed by atoms with Gasteiger partial charge in [0.15, 0.2) is 23.0 Å². The molecule has 0 atom stereocenters. The molecule has 0 unspecified atom stereocenters. The lowest BCUT2D eigenvalue weighted by molar-refractivity contribution is 0.190. The highest BCUT2D eigenvalue weighted by atomic mass is 16.6. The van der Waals surface area contributed by atoms with Gasteiger partial charge in [0.25, 0.3) is 0 Å². The first-order valence-electron chi connectivity index (χ1n) is 13.4. The smallest absolute Gasteiger partial charge is 0.406 e. The van der Waals surface area contributed by atoms with E-state index in [-0.39, 0.29) is 23.0 Å². The molecule has 0 saturated carbocycles. The number of ether oxygens (including phenoxy) is 4. The number of benzene rings is 2. The van der Waals surface area contributed by atoms with Gasteiger partial charge in [-0.3, -0.25) is 0 Å². The van der Waals surface area contributed by atoms with Crippen LogP contribution in [0.25, 0.3) is 0 Å². The summed E-state index contributed by atoms with van der Waals surface area (Å²) in [6.45, 7) is 8.63. The molecule has 2 rings (SSSR count). The van der Waals surface area contributed by atoms with Crippen molar-refractivity contribution in [2.24, 2.45) is 0 Å². The third-order valence-electron chi connectivity index (χ3n) is 5.29. The van der Waals surface area contributed by atoms with Crippen LogP contribution in [0.15, 0.2) is 36.4 Å². The summed E-state index contributed by atoms with van der Waals surface area (Å²) in [4.78, 5) is 47.7. The highest BCUT2D eigenvalue weighted by Gasteiger charge is 2.16. The Morgan fingerprint density at radius 2 is 0.800 bits per heavy atom. The summed E-state index contributed by atoms with van der Waals surface area (Å²) in [7, 11) is 0. The molecule has 0 heterocycles. The maximum Gasteiger partial charge on any atom is 0.412 e. The lowest BCUT2D eigenvalue weighted by Crippen LogP contribution is -2.28.